The van der Waals surface area contributed by atoms with Crippen molar-refractivity contribution in [2.24, 2.45) is 0 Å². The van der Waals surface area contributed by atoms with Gasteiger partial charge in [-0.25, -0.2) is 0 Å². The fourth-order valence-corrected chi connectivity index (χ4v) is 9.26. The summed E-state index contributed by atoms with van der Waals surface area (Å²) in [5, 5.41) is 9.80. The van der Waals surface area contributed by atoms with Crippen LogP contribution in [0, 0.1) is 0 Å². The van der Waals surface area contributed by atoms with Gasteiger partial charge in [0.2, 0.25) is 0 Å². The van der Waals surface area contributed by atoms with Crippen LogP contribution < -0.4 is 4.90 Å². The molecule has 50 heavy (non-hydrogen) atoms. The fraction of sp³-hybridized carbons (Fsp3) is 0. The Hall–Kier alpha value is -6.36. The highest BCUT2D eigenvalue weighted by Crippen LogP contribution is 2.49. The van der Waals surface area contributed by atoms with Crippen molar-refractivity contribution in [1.29, 1.82) is 0 Å². The van der Waals surface area contributed by atoms with Gasteiger partial charge < -0.3 is 13.9 Å². The zero-order valence-electron chi connectivity index (χ0n) is 26.9. The summed E-state index contributed by atoms with van der Waals surface area (Å²) in [6.45, 7) is 0. The van der Waals surface area contributed by atoms with Crippen molar-refractivity contribution in [3.05, 3.63) is 170 Å². The summed E-state index contributed by atoms with van der Waals surface area (Å²) in [4.78, 5) is 2.46. The quantitative estimate of drug-likeness (QED) is 0.188. The molecule has 3 nitrogen and oxygen atoms in total. The van der Waals surface area contributed by atoms with Crippen LogP contribution in [-0.4, -0.2) is 4.57 Å². The average molecular weight is 657 g/mol. The van der Waals surface area contributed by atoms with Crippen molar-refractivity contribution in [2.75, 3.05) is 4.90 Å². The average Bonchev–Trinajstić information content (AvgIpc) is 3.86. The number of thiophene rings is 1. The zero-order chi connectivity index (χ0) is 32.8. The van der Waals surface area contributed by atoms with E-state index in [0.717, 1.165) is 44.7 Å². The molecule has 0 fully saturated rings. The Morgan fingerprint density at radius 1 is 0.460 bits per heavy atom. The zero-order valence-corrected chi connectivity index (χ0v) is 27.7. The van der Waals surface area contributed by atoms with E-state index in [1.807, 2.05) is 17.4 Å². The van der Waals surface area contributed by atoms with Gasteiger partial charge in [-0.15, -0.1) is 11.3 Å². The molecule has 0 aliphatic rings. The SMILES string of the molecule is c1ccc(-n2c3ccccc3c3cc(N(c4cccc5c4sc4ccc6ccccc6c45)c4cccc5oc6ccccc6c45)ccc32)cc1. The van der Waals surface area contributed by atoms with Crippen LogP contribution in [0.5, 0.6) is 0 Å². The van der Waals surface area contributed by atoms with Gasteiger partial charge in [0.05, 0.1) is 32.5 Å². The van der Waals surface area contributed by atoms with Crippen molar-refractivity contribution in [3.8, 4) is 5.69 Å². The predicted octanol–water partition coefficient (Wildman–Crippen LogP) is 13.7. The molecule has 0 unspecified atom stereocenters. The van der Waals surface area contributed by atoms with E-state index in [0.29, 0.717) is 0 Å². The summed E-state index contributed by atoms with van der Waals surface area (Å²) in [5.41, 5.74) is 8.64. The van der Waals surface area contributed by atoms with Crippen LogP contribution in [0.15, 0.2) is 174 Å². The number of furan rings is 1. The minimum atomic E-state index is 0.880. The largest absolute Gasteiger partial charge is 0.456 e. The molecule has 0 amide bonds. The highest BCUT2D eigenvalue weighted by molar-refractivity contribution is 7.26. The highest BCUT2D eigenvalue weighted by Gasteiger charge is 2.24. The molecule has 3 heterocycles. The van der Waals surface area contributed by atoms with E-state index in [1.165, 1.54) is 52.8 Å². The second-order valence-corrected chi connectivity index (χ2v) is 13.9. The number of anilines is 3. The van der Waals surface area contributed by atoms with E-state index >= 15 is 0 Å². The molecule has 0 saturated carbocycles. The van der Waals surface area contributed by atoms with Crippen LogP contribution in [0.25, 0.3) is 80.4 Å². The molecular formula is C46H28N2OS. The lowest BCUT2D eigenvalue weighted by molar-refractivity contribution is 0.669. The standard InChI is InChI=1S/C46H28N2OS/c1-2-13-30(14-3-1)47-37-19-8-6-16-33(37)36-28-31(25-26-38(36)47)48(39-20-11-23-42-45(39)34-17-7-9-22-41(34)49-42)40-21-10-18-35-44-32-15-5-4-12-29(32)24-27-43(44)50-46(35)40/h1-28H. The normalized spacial score (nSPS) is 12.0. The first-order valence-corrected chi connectivity index (χ1v) is 17.8. The van der Waals surface area contributed by atoms with Gasteiger partial charge in [0.1, 0.15) is 11.2 Å². The van der Waals surface area contributed by atoms with E-state index in [9.17, 15) is 0 Å². The van der Waals surface area contributed by atoms with Gasteiger partial charge >= 0.3 is 0 Å². The first-order chi connectivity index (χ1) is 24.8. The number of hydrogen-bond acceptors (Lipinski definition) is 3. The third kappa shape index (κ3) is 3.91. The monoisotopic (exact) mass is 656 g/mol. The first-order valence-electron chi connectivity index (χ1n) is 16.9. The second-order valence-electron chi connectivity index (χ2n) is 12.9. The highest BCUT2D eigenvalue weighted by atomic mass is 32.1. The lowest BCUT2D eigenvalue weighted by Crippen LogP contribution is -2.10. The summed E-state index contributed by atoms with van der Waals surface area (Å²) in [7, 11) is 0. The number of para-hydroxylation sites is 3. The van der Waals surface area contributed by atoms with E-state index in [4.69, 9.17) is 4.42 Å². The minimum Gasteiger partial charge on any atom is -0.456 e. The molecule has 0 N–H and O–H groups in total. The summed E-state index contributed by atoms with van der Waals surface area (Å²) in [6, 6.07) is 61.2. The summed E-state index contributed by atoms with van der Waals surface area (Å²) in [6.07, 6.45) is 0. The van der Waals surface area contributed by atoms with Crippen LogP contribution in [0.1, 0.15) is 0 Å². The van der Waals surface area contributed by atoms with Crippen molar-refractivity contribution in [2.45, 2.75) is 0 Å². The van der Waals surface area contributed by atoms with E-state index < -0.39 is 0 Å². The maximum atomic E-state index is 6.45. The van der Waals surface area contributed by atoms with E-state index in [2.05, 4.69) is 173 Å². The lowest BCUT2D eigenvalue weighted by atomic mass is 10.0. The van der Waals surface area contributed by atoms with Crippen molar-refractivity contribution < 1.29 is 4.42 Å². The fourth-order valence-electron chi connectivity index (χ4n) is 8.03. The summed E-state index contributed by atoms with van der Waals surface area (Å²) >= 11 is 1.87. The Labute approximate surface area is 291 Å². The number of hydrogen-bond donors (Lipinski definition) is 0. The molecule has 0 bridgehead atoms. The molecule has 0 radical (unpaired) electrons. The molecule has 3 aromatic heterocycles. The molecule has 0 aliphatic carbocycles. The van der Waals surface area contributed by atoms with Crippen LogP contribution in [0.4, 0.5) is 17.1 Å². The minimum absolute atomic E-state index is 0.880. The Balaban J connectivity index is 1.25. The van der Waals surface area contributed by atoms with Crippen LogP contribution in [-0.2, 0) is 0 Å². The molecule has 234 valence electrons. The van der Waals surface area contributed by atoms with Gasteiger partial charge in [-0.3, -0.25) is 0 Å². The van der Waals surface area contributed by atoms with Crippen LogP contribution in [0.3, 0.4) is 0 Å². The molecule has 4 heteroatoms. The molecule has 0 saturated heterocycles. The summed E-state index contributed by atoms with van der Waals surface area (Å²) < 4.78 is 11.4. The maximum Gasteiger partial charge on any atom is 0.137 e. The molecule has 11 aromatic rings. The Bertz CT molecular complexity index is 3110. The maximum absolute atomic E-state index is 6.45. The Kier molecular flexibility index (Phi) is 5.83. The number of aromatic nitrogens is 1. The smallest absolute Gasteiger partial charge is 0.137 e. The number of nitrogens with zero attached hydrogens (tertiary/aromatic N) is 2. The molecular weight excluding hydrogens is 629 g/mol. The van der Waals surface area contributed by atoms with Crippen molar-refractivity contribution >= 4 is 103 Å². The van der Waals surface area contributed by atoms with Crippen LogP contribution >= 0.6 is 11.3 Å². The third-order valence-electron chi connectivity index (χ3n) is 10.2. The van der Waals surface area contributed by atoms with E-state index in [-0.39, 0.29) is 0 Å². The molecule has 8 aromatic carbocycles. The van der Waals surface area contributed by atoms with Gasteiger partial charge in [0.25, 0.3) is 0 Å². The van der Waals surface area contributed by atoms with Gasteiger partial charge in [-0.05, 0) is 77.5 Å². The summed E-state index contributed by atoms with van der Waals surface area (Å²) in [5.74, 6) is 0. The Morgan fingerprint density at radius 3 is 2.08 bits per heavy atom. The predicted molar refractivity (Wildman–Crippen MR) is 213 cm³/mol. The Morgan fingerprint density at radius 2 is 1.16 bits per heavy atom. The van der Waals surface area contributed by atoms with Crippen LogP contribution in [0.2, 0.25) is 0 Å². The number of benzene rings is 8. The van der Waals surface area contributed by atoms with Gasteiger partial charge in [0, 0.05) is 43.0 Å². The number of fused-ring (bicyclic) bond motifs is 11. The third-order valence-corrected chi connectivity index (χ3v) is 11.4. The lowest BCUT2D eigenvalue weighted by Gasteiger charge is -2.27. The van der Waals surface area contributed by atoms with Gasteiger partial charge in [-0.1, -0.05) is 103 Å². The van der Waals surface area contributed by atoms with Gasteiger partial charge in [0.15, 0.2) is 0 Å². The second kappa shape index (κ2) is 10.6. The van der Waals surface area contributed by atoms with Gasteiger partial charge in [-0.2, -0.15) is 0 Å². The van der Waals surface area contributed by atoms with Crippen molar-refractivity contribution in [1.82, 2.24) is 4.57 Å². The van der Waals surface area contributed by atoms with E-state index in [1.54, 1.807) is 0 Å². The number of rotatable bonds is 4. The molecule has 0 spiro atoms. The molecule has 0 atom stereocenters. The van der Waals surface area contributed by atoms with Crippen molar-refractivity contribution in [3.63, 3.8) is 0 Å². The molecule has 11 rings (SSSR count). The first kappa shape index (κ1) is 27.6. The molecule has 0 aliphatic heterocycles. The topological polar surface area (TPSA) is 21.3 Å².